The Morgan fingerprint density at radius 2 is 1.97 bits per heavy atom. The van der Waals surface area contributed by atoms with Crippen LogP contribution >= 0.6 is 0 Å². The smallest absolute Gasteiger partial charge is 0.211 e. The van der Waals surface area contributed by atoms with Crippen LogP contribution in [-0.4, -0.2) is 49.1 Å². The minimum absolute atomic E-state index is 0.270. The van der Waals surface area contributed by atoms with Gasteiger partial charge in [0, 0.05) is 66.2 Å². The van der Waals surface area contributed by atoms with E-state index in [4.69, 9.17) is 0 Å². The zero-order chi connectivity index (χ0) is 22.1. The molecule has 2 aliphatic heterocycles. The summed E-state index contributed by atoms with van der Waals surface area (Å²) >= 11 is 0. The molecule has 0 unspecified atom stereocenters. The summed E-state index contributed by atoms with van der Waals surface area (Å²) in [5, 5.41) is 0.996. The van der Waals surface area contributed by atoms with E-state index in [0.29, 0.717) is 19.6 Å². The Morgan fingerprint density at radius 1 is 1.19 bits per heavy atom. The van der Waals surface area contributed by atoms with E-state index < -0.39 is 10.0 Å². The fourth-order valence-electron chi connectivity index (χ4n) is 4.93. The molecule has 1 aromatic carbocycles. The monoisotopic (exact) mass is 440 g/mol. The molecule has 0 saturated heterocycles. The normalized spacial score (nSPS) is 18.6. The first-order chi connectivity index (χ1) is 14.6. The van der Waals surface area contributed by atoms with Crippen LogP contribution in [0.3, 0.4) is 0 Å². The van der Waals surface area contributed by atoms with Gasteiger partial charge < -0.3 is 9.88 Å². The number of aromatic nitrogens is 2. The predicted octanol–water partition coefficient (Wildman–Crippen LogP) is 4.00. The number of hydrogen-bond acceptors (Lipinski definition) is 4. The number of pyridine rings is 1. The third-order valence-electron chi connectivity index (χ3n) is 6.39. The number of rotatable bonds is 2. The fourth-order valence-corrected chi connectivity index (χ4v) is 5.83. The number of aromatic amines is 1. The Labute approximate surface area is 181 Å². The molecule has 5 rings (SSSR count). The van der Waals surface area contributed by atoms with E-state index in [1.54, 1.807) is 12.3 Å². The number of fused-ring (bicyclic) bond motifs is 2. The first kappa shape index (κ1) is 20.2. The van der Waals surface area contributed by atoms with Gasteiger partial charge in [-0.2, -0.15) is 4.31 Å². The molecule has 0 aliphatic carbocycles. The third kappa shape index (κ3) is 3.16. The SMILES string of the molecule is CN1Cc2c(C3=CCN(S(C)(=O)=O)CC3(C)C)[nH]c3nccc(c23)-c2cc(F)ccc21. The van der Waals surface area contributed by atoms with Crippen molar-refractivity contribution in [2.24, 2.45) is 5.41 Å². The summed E-state index contributed by atoms with van der Waals surface area (Å²) in [6, 6.07) is 6.83. The molecule has 0 radical (unpaired) electrons. The minimum atomic E-state index is -3.27. The van der Waals surface area contributed by atoms with Crippen LogP contribution in [0.5, 0.6) is 0 Å². The molecule has 8 heteroatoms. The molecule has 4 heterocycles. The highest BCUT2D eigenvalue weighted by atomic mass is 32.2. The van der Waals surface area contributed by atoms with Gasteiger partial charge in [-0.3, -0.25) is 0 Å². The van der Waals surface area contributed by atoms with Gasteiger partial charge in [0.05, 0.1) is 6.26 Å². The second-order valence-corrected chi connectivity index (χ2v) is 11.1. The highest BCUT2D eigenvalue weighted by Gasteiger charge is 2.37. The zero-order valence-electron chi connectivity index (χ0n) is 18.0. The molecule has 2 aromatic heterocycles. The summed E-state index contributed by atoms with van der Waals surface area (Å²) in [5.74, 6) is -0.270. The van der Waals surface area contributed by atoms with Gasteiger partial charge in [0.25, 0.3) is 0 Å². The number of sulfonamides is 1. The Morgan fingerprint density at radius 3 is 2.68 bits per heavy atom. The van der Waals surface area contributed by atoms with Gasteiger partial charge in [-0.1, -0.05) is 19.9 Å². The lowest BCUT2D eigenvalue weighted by Gasteiger charge is -2.37. The van der Waals surface area contributed by atoms with E-state index in [-0.39, 0.29) is 11.2 Å². The highest BCUT2D eigenvalue weighted by molar-refractivity contribution is 7.88. The van der Waals surface area contributed by atoms with Crippen LogP contribution in [0.15, 0.2) is 36.5 Å². The number of benzene rings is 1. The van der Waals surface area contributed by atoms with Gasteiger partial charge in [-0.25, -0.2) is 17.8 Å². The molecule has 0 amide bonds. The topological polar surface area (TPSA) is 69.3 Å². The summed E-state index contributed by atoms with van der Waals surface area (Å²) in [6.07, 6.45) is 5.00. The summed E-state index contributed by atoms with van der Waals surface area (Å²) in [4.78, 5) is 10.2. The van der Waals surface area contributed by atoms with E-state index >= 15 is 0 Å². The van der Waals surface area contributed by atoms with Crippen LogP contribution in [0.1, 0.15) is 25.1 Å². The number of nitrogens with one attached hydrogen (secondary N) is 1. The quantitative estimate of drug-likeness (QED) is 0.654. The lowest BCUT2D eigenvalue weighted by molar-refractivity contribution is 0.325. The molecular formula is C23H25FN4O2S. The van der Waals surface area contributed by atoms with Gasteiger partial charge in [-0.05, 0) is 35.4 Å². The van der Waals surface area contributed by atoms with Crippen LogP contribution in [0.25, 0.3) is 27.7 Å². The van der Waals surface area contributed by atoms with Crippen molar-refractivity contribution in [1.82, 2.24) is 14.3 Å². The van der Waals surface area contributed by atoms with E-state index in [9.17, 15) is 12.8 Å². The van der Waals surface area contributed by atoms with E-state index in [1.807, 2.05) is 25.3 Å². The lowest BCUT2D eigenvalue weighted by atomic mass is 9.79. The summed E-state index contributed by atoms with van der Waals surface area (Å²) in [7, 11) is -1.27. The van der Waals surface area contributed by atoms with Gasteiger partial charge in [-0.15, -0.1) is 0 Å². The van der Waals surface area contributed by atoms with Crippen molar-refractivity contribution in [2.75, 3.05) is 31.3 Å². The van der Waals surface area contributed by atoms with Crippen molar-refractivity contribution in [3.63, 3.8) is 0 Å². The van der Waals surface area contributed by atoms with Crippen molar-refractivity contribution >= 4 is 32.3 Å². The molecule has 0 saturated carbocycles. The molecular weight excluding hydrogens is 415 g/mol. The summed E-state index contributed by atoms with van der Waals surface area (Å²) in [5.41, 5.74) is 6.30. The maximum absolute atomic E-state index is 14.1. The Balaban J connectivity index is 1.74. The number of halogens is 1. The number of H-pyrrole nitrogens is 1. The molecule has 0 bridgehead atoms. The Bertz CT molecular complexity index is 1360. The molecule has 0 spiro atoms. The van der Waals surface area contributed by atoms with Gasteiger partial charge >= 0.3 is 0 Å². The highest BCUT2D eigenvalue weighted by Crippen LogP contribution is 2.46. The Hall–Kier alpha value is -2.71. The second kappa shape index (κ2) is 6.64. The summed E-state index contributed by atoms with van der Waals surface area (Å²) < 4.78 is 39.9. The fraction of sp³-hybridized carbons (Fsp3) is 0.348. The van der Waals surface area contributed by atoms with Crippen molar-refractivity contribution in [2.45, 2.75) is 20.4 Å². The van der Waals surface area contributed by atoms with Gasteiger partial charge in [0.1, 0.15) is 11.5 Å². The van der Waals surface area contributed by atoms with Crippen molar-refractivity contribution in [1.29, 1.82) is 0 Å². The Kier molecular flexibility index (Phi) is 4.33. The zero-order valence-corrected chi connectivity index (χ0v) is 18.8. The third-order valence-corrected chi connectivity index (χ3v) is 7.61. The van der Waals surface area contributed by atoms with Gasteiger partial charge in [0.2, 0.25) is 10.0 Å². The van der Waals surface area contributed by atoms with Crippen LogP contribution in [0.2, 0.25) is 0 Å². The second-order valence-electron chi connectivity index (χ2n) is 9.14. The van der Waals surface area contributed by atoms with Crippen molar-refractivity contribution in [3.8, 4) is 11.1 Å². The van der Waals surface area contributed by atoms with E-state index in [2.05, 4.69) is 28.7 Å². The van der Waals surface area contributed by atoms with Crippen molar-refractivity contribution in [3.05, 3.63) is 53.6 Å². The molecule has 31 heavy (non-hydrogen) atoms. The maximum atomic E-state index is 14.1. The molecule has 0 fully saturated rings. The molecule has 162 valence electrons. The molecule has 3 aromatic rings. The van der Waals surface area contributed by atoms with Crippen LogP contribution in [0, 0.1) is 11.2 Å². The standard InChI is InChI=1S/C23H25FN4O2S/c1-23(2)13-28(31(4,29)30)10-8-18(23)21-17-12-27(3)19-6-5-14(24)11-16(19)15-7-9-25-22(26-21)20(15)17/h5-9,11H,10,12-13H2,1-4H3,(H,25,26). The number of hydrogen-bond donors (Lipinski definition) is 1. The predicted molar refractivity (Wildman–Crippen MR) is 122 cm³/mol. The molecule has 6 nitrogen and oxygen atoms in total. The largest absolute Gasteiger partial charge is 0.370 e. The van der Waals surface area contributed by atoms with Gasteiger partial charge in [0.15, 0.2) is 0 Å². The molecule has 1 N–H and O–H groups in total. The first-order valence-corrected chi connectivity index (χ1v) is 12.1. The number of anilines is 1. The van der Waals surface area contributed by atoms with E-state index in [0.717, 1.165) is 44.7 Å². The maximum Gasteiger partial charge on any atom is 0.211 e. The molecule has 0 atom stereocenters. The molecule has 2 aliphatic rings. The van der Waals surface area contributed by atoms with Crippen LogP contribution in [0.4, 0.5) is 10.1 Å². The summed E-state index contributed by atoms with van der Waals surface area (Å²) in [6.45, 7) is 5.51. The van der Waals surface area contributed by atoms with E-state index in [1.165, 1.54) is 16.6 Å². The average molecular weight is 441 g/mol. The number of nitrogens with zero attached hydrogens (tertiary/aromatic N) is 3. The first-order valence-electron chi connectivity index (χ1n) is 10.2. The van der Waals surface area contributed by atoms with Crippen LogP contribution in [-0.2, 0) is 16.6 Å². The minimum Gasteiger partial charge on any atom is -0.370 e. The van der Waals surface area contributed by atoms with Crippen molar-refractivity contribution < 1.29 is 12.8 Å². The van der Waals surface area contributed by atoms with Crippen LogP contribution < -0.4 is 4.90 Å². The average Bonchev–Trinajstić information content (AvgIpc) is 2.98. The lowest BCUT2D eigenvalue weighted by Crippen LogP contribution is -2.42.